The predicted octanol–water partition coefficient (Wildman–Crippen LogP) is 5.27. The van der Waals surface area contributed by atoms with Crippen molar-refractivity contribution in [2.75, 3.05) is 11.1 Å². The number of anilines is 1. The van der Waals surface area contributed by atoms with E-state index in [2.05, 4.69) is 10.3 Å². The van der Waals surface area contributed by atoms with Gasteiger partial charge < -0.3 is 5.32 Å². The molecule has 0 fully saturated rings. The van der Waals surface area contributed by atoms with E-state index < -0.39 is 0 Å². The minimum Gasteiger partial charge on any atom is -0.324 e. The summed E-state index contributed by atoms with van der Waals surface area (Å²) in [5.74, 6) is 0.0860. The highest BCUT2D eigenvalue weighted by atomic mass is 35.5. The third kappa shape index (κ3) is 4.16. The van der Waals surface area contributed by atoms with Crippen LogP contribution in [-0.2, 0) is 4.79 Å². The molecule has 2 aromatic carbocycles. The first-order valence-electron chi connectivity index (χ1n) is 6.85. The molecule has 0 spiro atoms. The first-order chi connectivity index (χ1) is 11.1. The summed E-state index contributed by atoms with van der Waals surface area (Å²) >= 11 is 13.3. The van der Waals surface area contributed by atoms with Crippen LogP contribution in [0.5, 0.6) is 0 Å². The SMILES string of the molecule is O=C(CSc1ccc2ccccc2n1)Nc1cc(Cl)ccc1Cl. The predicted molar refractivity (Wildman–Crippen MR) is 97.6 cm³/mol. The van der Waals surface area contributed by atoms with Gasteiger partial charge in [0.15, 0.2) is 0 Å². The van der Waals surface area contributed by atoms with Gasteiger partial charge in [0.05, 0.1) is 27.0 Å². The molecule has 0 aliphatic heterocycles. The Balaban J connectivity index is 1.64. The number of para-hydroxylation sites is 1. The number of nitrogens with one attached hydrogen (secondary N) is 1. The molecule has 0 radical (unpaired) electrons. The van der Waals surface area contributed by atoms with E-state index in [-0.39, 0.29) is 11.7 Å². The summed E-state index contributed by atoms with van der Waals surface area (Å²) in [4.78, 5) is 16.6. The number of hydrogen-bond donors (Lipinski definition) is 1. The molecule has 23 heavy (non-hydrogen) atoms. The van der Waals surface area contributed by atoms with Gasteiger partial charge in [-0.2, -0.15) is 0 Å². The van der Waals surface area contributed by atoms with Crippen LogP contribution in [0.25, 0.3) is 10.9 Å². The zero-order valence-corrected chi connectivity index (χ0v) is 14.3. The van der Waals surface area contributed by atoms with Crippen molar-refractivity contribution in [1.29, 1.82) is 0 Å². The summed E-state index contributed by atoms with van der Waals surface area (Å²) in [6, 6.07) is 16.7. The standard InChI is InChI=1S/C17H12Cl2N2OS/c18-12-6-7-13(19)15(9-12)20-16(22)10-23-17-8-5-11-3-1-2-4-14(11)21-17/h1-9H,10H2,(H,20,22). The number of rotatable bonds is 4. The number of amides is 1. The molecule has 3 rings (SSSR count). The molecule has 0 aliphatic carbocycles. The van der Waals surface area contributed by atoms with E-state index in [4.69, 9.17) is 23.2 Å². The molecule has 1 aromatic heterocycles. The van der Waals surface area contributed by atoms with Crippen LogP contribution < -0.4 is 5.32 Å². The van der Waals surface area contributed by atoms with Crippen molar-refractivity contribution in [2.24, 2.45) is 0 Å². The second-order valence-electron chi connectivity index (χ2n) is 4.80. The Morgan fingerprint density at radius 2 is 1.91 bits per heavy atom. The summed E-state index contributed by atoms with van der Waals surface area (Å²) in [6.45, 7) is 0. The van der Waals surface area contributed by atoms with Gasteiger partial charge in [0, 0.05) is 10.4 Å². The molecule has 0 aliphatic rings. The van der Waals surface area contributed by atoms with Crippen molar-refractivity contribution in [3.05, 3.63) is 64.6 Å². The molecule has 6 heteroatoms. The lowest BCUT2D eigenvalue weighted by Gasteiger charge is -2.07. The molecule has 0 bridgehead atoms. The fourth-order valence-electron chi connectivity index (χ4n) is 2.05. The zero-order valence-electron chi connectivity index (χ0n) is 11.9. The van der Waals surface area contributed by atoms with Gasteiger partial charge in [-0.3, -0.25) is 4.79 Å². The second kappa shape index (κ2) is 7.21. The van der Waals surface area contributed by atoms with Gasteiger partial charge in [-0.15, -0.1) is 0 Å². The largest absolute Gasteiger partial charge is 0.324 e. The molecule has 0 saturated heterocycles. The third-order valence-electron chi connectivity index (χ3n) is 3.13. The highest BCUT2D eigenvalue weighted by molar-refractivity contribution is 7.99. The summed E-state index contributed by atoms with van der Waals surface area (Å²) in [6.07, 6.45) is 0. The Hall–Kier alpha value is -1.75. The average molecular weight is 363 g/mol. The number of pyridine rings is 1. The Kier molecular flexibility index (Phi) is 5.06. The number of thioether (sulfide) groups is 1. The minimum atomic E-state index is -0.158. The topological polar surface area (TPSA) is 42.0 Å². The summed E-state index contributed by atoms with van der Waals surface area (Å²) < 4.78 is 0. The van der Waals surface area contributed by atoms with Gasteiger partial charge in [-0.05, 0) is 30.3 Å². The first kappa shape index (κ1) is 16.1. The monoisotopic (exact) mass is 362 g/mol. The van der Waals surface area contributed by atoms with E-state index in [9.17, 15) is 4.79 Å². The Bertz CT molecular complexity index is 870. The van der Waals surface area contributed by atoms with Gasteiger partial charge in [-0.25, -0.2) is 4.98 Å². The van der Waals surface area contributed by atoms with Crippen molar-refractivity contribution in [3.63, 3.8) is 0 Å². The molecule has 3 nitrogen and oxygen atoms in total. The number of aromatic nitrogens is 1. The minimum absolute atomic E-state index is 0.158. The van der Waals surface area contributed by atoms with Crippen LogP contribution >= 0.6 is 35.0 Å². The maximum Gasteiger partial charge on any atom is 0.234 e. The second-order valence-corrected chi connectivity index (χ2v) is 6.64. The highest BCUT2D eigenvalue weighted by Crippen LogP contribution is 2.26. The summed E-state index contributed by atoms with van der Waals surface area (Å²) in [5, 5.41) is 5.61. The van der Waals surface area contributed by atoms with Crippen molar-refractivity contribution < 1.29 is 4.79 Å². The van der Waals surface area contributed by atoms with Crippen molar-refractivity contribution in [3.8, 4) is 0 Å². The maximum absolute atomic E-state index is 12.1. The van der Waals surface area contributed by atoms with Gasteiger partial charge in [0.1, 0.15) is 0 Å². The van der Waals surface area contributed by atoms with Crippen LogP contribution in [0.3, 0.4) is 0 Å². The lowest BCUT2D eigenvalue weighted by molar-refractivity contribution is -0.113. The van der Waals surface area contributed by atoms with Crippen LogP contribution in [0.15, 0.2) is 59.6 Å². The quantitative estimate of drug-likeness (QED) is 0.642. The van der Waals surface area contributed by atoms with Crippen molar-refractivity contribution in [1.82, 2.24) is 4.98 Å². The van der Waals surface area contributed by atoms with Crippen LogP contribution in [-0.4, -0.2) is 16.6 Å². The molecule has 1 N–H and O–H groups in total. The number of carbonyl (C=O) groups excluding carboxylic acids is 1. The van der Waals surface area contributed by atoms with E-state index in [1.807, 2.05) is 36.4 Å². The maximum atomic E-state index is 12.1. The molecule has 116 valence electrons. The molecule has 1 heterocycles. The fourth-order valence-corrected chi connectivity index (χ4v) is 3.06. The number of halogens is 2. The summed E-state index contributed by atoms with van der Waals surface area (Å²) in [5.41, 5.74) is 1.42. The van der Waals surface area contributed by atoms with Crippen LogP contribution in [0.4, 0.5) is 5.69 Å². The lowest BCUT2D eigenvalue weighted by atomic mass is 10.2. The molecule has 1 amide bonds. The first-order valence-corrected chi connectivity index (χ1v) is 8.59. The molecule has 0 atom stereocenters. The van der Waals surface area contributed by atoms with Gasteiger partial charge >= 0.3 is 0 Å². The molecule has 3 aromatic rings. The van der Waals surface area contributed by atoms with Gasteiger partial charge in [0.25, 0.3) is 0 Å². The smallest absolute Gasteiger partial charge is 0.234 e. The van der Waals surface area contributed by atoms with Crippen LogP contribution in [0, 0.1) is 0 Å². The van der Waals surface area contributed by atoms with Crippen molar-refractivity contribution >= 4 is 57.5 Å². The van der Waals surface area contributed by atoms with E-state index in [1.54, 1.807) is 18.2 Å². The Morgan fingerprint density at radius 1 is 1.09 bits per heavy atom. The fraction of sp³-hybridized carbons (Fsp3) is 0.0588. The Labute approximate surface area is 148 Å². The highest BCUT2D eigenvalue weighted by Gasteiger charge is 2.08. The number of benzene rings is 2. The van der Waals surface area contributed by atoms with Gasteiger partial charge in [0.2, 0.25) is 5.91 Å². The van der Waals surface area contributed by atoms with E-state index in [0.29, 0.717) is 15.7 Å². The number of hydrogen-bond acceptors (Lipinski definition) is 3. The normalized spacial score (nSPS) is 10.7. The molecular weight excluding hydrogens is 351 g/mol. The van der Waals surface area contributed by atoms with Crippen LogP contribution in [0.1, 0.15) is 0 Å². The number of carbonyl (C=O) groups is 1. The Morgan fingerprint density at radius 3 is 2.78 bits per heavy atom. The zero-order chi connectivity index (χ0) is 16.2. The molecule has 0 saturated carbocycles. The molecular formula is C17H12Cl2N2OS. The van der Waals surface area contributed by atoms with E-state index >= 15 is 0 Å². The lowest BCUT2D eigenvalue weighted by Crippen LogP contribution is -2.14. The van der Waals surface area contributed by atoms with Crippen molar-refractivity contribution in [2.45, 2.75) is 5.03 Å². The van der Waals surface area contributed by atoms with Gasteiger partial charge in [-0.1, -0.05) is 59.2 Å². The summed E-state index contributed by atoms with van der Waals surface area (Å²) in [7, 11) is 0. The number of fused-ring (bicyclic) bond motifs is 1. The van der Waals surface area contributed by atoms with Crippen LogP contribution in [0.2, 0.25) is 10.0 Å². The van der Waals surface area contributed by atoms with E-state index in [0.717, 1.165) is 15.9 Å². The third-order valence-corrected chi connectivity index (χ3v) is 4.62. The molecule has 0 unspecified atom stereocenters. The van der Waals surface area contributed by atoms with E-state index in [1.165, 1.54) is 11.8 Å². The average Bonchev–Trinajstić information content (AvgIpc) is 2.56. The number of nitrogens with zero attached hydrogens (tertiary/aromatic N) is 1.